The number of hydrogen-bond donors (Lipinski definition) is 1. The van der Waals surface area contributed by atoms with Crippen LogP contribution in [0.5, 0.6) is 0 Å². The van der Waals surface area contributed by atoms with E-state index in [4.69, 9.17) is 0 Å². The van der Waals surface area contributed by atoms with E-state index >= 15 is 0 Å². The number of aryl methyl sites for hydroxylation is 1. The van der Waals surface area contributed by atoms with Gasteiger partial charge in [0, 0.05) is 13.2 Å². The minimum Gasteiger partial charge on any atom is -0.305 e. The molecule has 0 unspecified atom stereocenters. The van der Waals surface area contributed by atoms with E-state index in [0.717, 1.165) is 4.52 Å². The molecule has 0 fully saturated rings. The lowest BCUT2D eigenvalue weighted by Gasteiger charge is -1.99. The summed E-state index contributed by atoms with van der Waals surface area (Å²) < 4.78 is 16.7. The van der Waals surface area contributed by atoms with E-state index in [9.17, 15) is 9.18 Å². The van der Waals surface area contributed by atoms with Crippen LogP contribution in [0.15, 0.2) is 35.4 Å². The molecule has 1 aromatic carbocycles. The molecule has 104 valence electrons. The molecule has 0 bridgehead atoms. The molecular weight excluding hydrogens is 275 g/mol. The van der Waals surface area contributed by atoms with Crippen molar-refractivity contribution in [3.05, 3.63) is 46.9 Å². The number of nitrogens with one attached hydrogen (secondary N) is 1. The molecule has 8 heteroatoms. The zero-order valence-electron chi connectivity index (χ0n) is 10.9. The Labute approximate surface area is 116 Å². The maximum Gasteiger partial charge on any atom is 0.348 e. The Morgan fingerprint density at radius 2 is 2.19 bits per heavy atom. The highest BCUT2D eigenvalue weighted by Gasteiger charge is 2.15. The van der Waals surface area contributed by atoms with Gasteiger partial charge in [0.05, 0.1) is 22.7 Å². The quantitative estimate of drug-likeness (QED) is 0.567. The van der Waals surface area contributed by atoms with Crippen LogP contribution in [0, 0.1) is 5.82 Å². The van der Waals surface area contributed by atoms with E-state index in [1.807, 2.05) is 0 Å². The third-order valence-electron chi connectivity index (χ3n) is 3.24. The van der Waals surface area contributed by atoms with Crippen LogP contribution in [0.4, 0.5) is 4.39 Å². The van der Waals surface area contributed by atoms with Crippen molar-refractivity contribution in [3.8, 4) is 11.4 Å². The van der Waals surface area contributed by atoms with E-state index in [1.54, 1.807) is 30.2 Å². The van der Waals surface area contributed by atoms with Crippen LogP contribution in [-0.2, 0) is 7.05 Å². The summed E-state index contributed by atoms with van der Waals surface area (Å²) in [6, 6.07) is 4.47. The van der Waals surface area contributed by atoms with Crippen molar-refractivity contribution in [1.82, 2.24) is 29.4 Å². The lowest BCUT2D eigenvalue weighted by molar-refractivity contribution is 0.639. The molecule has 4 rings (SSSR count). The topological polar surface area (TPSA) is 80.9 Å². The van der Waals surface area contributed by atoms with Crippen molar-refractivity contribution in [2.75, 3.05) is 0 Å². The van der Waals surface area contributed by atoms with Crippen LogP contribution in [0.3, 0.4) is 0 Å². The van der Waals surface area contributed by atoms with Crippen LogP contribution >= 0.6 is 0 Å². The van der Waals surface area contributed by atoms with E-state index in [1.165, 1.54) is 12.1 Å². The Morgan fingerprint density at radius 3 is 2.95 bits per heavy atom. The summed E-state index contributed by atoms with van der Waals surface area (Å²) in [7, 11) is 1.77. The Morgan fingerprint density at radius 1 is 1.33 bits per heavy atom. The summed E-state index contributed by atoms with van der Waals surface area (Å²) in [6.07, 6.45) is 3.31. The van der Waals surface area contributed by atoms with Gasteiger partial charge in [-0.05, 0) is 12.1 Å². The molecule has 0 atom stereocenters. The van der Waals surface area contributed by atoms with Crippen LogP contribution in [0.25, 0.3) is 27.9 Å². The minimum absolute atomic E-state index is 0.186. The third kappa shape index (κ3) is 1.65. The molecular formula is C13H9FN6O. The molecule has 1 N–H and O–H groups in total. The molecule has 0 spiro atoms. The van der Waals surface area contributed by atoms with Gasteiger partial charge in [-0.25, -0.2) is 14.2 Å². The zero-order chi connectivity index (χ0) is 14.6. The lowest BCUT2D eigenvalue weighted by Crippen LogP contribution is -2.17. The average molecular weight is 284 g/mol. The molecule has 3 aromatic heterocycles. The number of rotatable bonds is 1. The molecule has 0 aliphatic carbocycles. The number of fused-ring (bicyclic) bond motifs is 3. The first-order chi connectivity index (χ1) is 10.1. The number of halogens is 1. The van der Waals surface area contributed by atoms with Gasteiger partial charge in [0.1, 0.15) is 5.82 Å². The van der Waals surface area contributed by atoms with E-state index < -0.39 is 11.5 Å². The summed E-state index contributed by atoms with van der Waals surface area (Å²) in [4.78, 5) is 18.9. The highest BCUT2D eigenvalue weighted by Crippen LogP contribution is 2.21. The molecule has 0 aliphatic heterocycles. The first-order valence-corrected chi connectivity index (χ1v) is 6.20. The van der Waals surface area contributed by atoms with Gasteiger partial charge >= 0.3 is 5.69 Å². The second-order valence-corrected chi connectivity index (χ2v) is 4.67. The maximum absolute atomic E-state index is 14.0. The largest absolute Gasteiger partial charge is 0.348 e. The van der Waals surface area contributed by atoms with Crippen molar-refractivity contribution in [1.29, 1.82) is 0 Å². The number of aromatic amines is 1. The molecule has 0 amide bonds. The van der Waals surface area contributed by atoms with E-state index in [-0.39, 0.29) is 11.0 Å². The Bertz CT molecular complexity index is 1040. The van der Waals surface area contributed by atoms with Gasteiger partial charge < -0.3 is 4.98 Å². The summed E-state index contributed by atoms with van der Waals surface area (Å²) in [5.74, 6) is -0.136. The van der Waals surface area contributed by atoms with Gasteiger partial charge in [-0.2, -0.15) is 9.61 Å². The molecule has 0 saturated heterocycles. The molecule has 0 aliphatic rings. The molecule has 21 heavy (non-hydrogen) atoms. The number of benzene rings is 1. The monoisotopic (exact) mass is 284 g/mol. The van der Waals surface area contributed by atoms with Gasteiger partial charge in [-0.1, -0.05) is 6.07 Å². The fourth-order valence-corrected chi connectivity index (χ4v) is 2.30. The number of hydrogen-bond acceptors (Lipinski definition) is 4. The first kappa shape index (κ1) is 11.8. The summed E-state index contributed by atoms with van der Waals surface area (Å²) in [5, 5.41) is 8.40. The predicted molar refractivity (Wildman–Crippen MR) is 73.3 cm³/mol. The van der Waals surface area contributed by atoms with Crippen LogP contribution in [0.1, 0.15) is 0 Å². The zero-order valence-corrected chi connectivity index (χ0v) is 10.9. The van der Waals surface area contributed by atoms with Crippen LogP contribution in [0.2, 0.25) is 0 Å². The van der Waals surface area contributed by atoms with Crippen molar-refractivity contribution < 1.29 is 4.39 Å². The molecule has 0 radical (unpaired) electrons. The summed E-state index contributed by atoms with van der Waals surface area (Å²) >= 11 is 0. The highest BCUT2D eigenvalue weighted by atomic mass is 19.1. The van der Waals surface area contributed by atoms with Gasteiger partial charge in [-0.3, -0.25) is 4.68 Å². The average Bonchev–Trinajstić information content (AvgIpc) is 3.05. The lowest BCUT2D eigenvalue weighted by atomic mass is 10.2. The van der Waals surface area contributed by atoms with Gasteiger partial charge in [0.25, 0.3) is 0 Å². The number of H-pyrrole nitrogens is 1. The summed E-state index contributed by atoms with van der Waals surface area (Å²) in [5.41, 5.74) is 0.763. The predicted octanol–water partition coefficient (Wildman–Crippen LogP) is 1.11. The number of aromatic nitrogens is 6. The molecule has 0 saturated carbocycles. The normalized spacial score (nSPS) is 11.5. The Kier molecular flexibility index (Phi) is 2.23. The van der Waals surface area contributed by atoms with E-state index in [0.29, 0.717) is 16.9 Å². The van der Waals surface area contributed by atoms with Crippen molar-refractivity contribution in [2.24, 2.45) is 7.05 Å². The highest BCUT2D eigenvalue weighted by molar-refractivity contribution is 5.91. The van der Waals surface area contributed by atoms with Gasteiger partial charge in [0.15, 0.2) is 11.5 Å². The Hall–Kier alpha value is -3.03. The molecule has 4 aromatic rings. The van der Waals surface area contributed by atoms with Gasteiger partial charge in [-0.15, -0.1) is 5.10 Å². The fourth-order valence-electron chi connectivity index (χ4n) is 2.30. The second-order valence-electron chi connectivity index (χ2n) is 4.67. The maximum atomic E-state index is 14.0. The summed E-state index contributed by atoms with van der Waals surface area (Å²) in [6.45, 7) is 0. The first-order valence-electron chi connectivity index (χ1n) is 6.20. The smallest absolute Gasteiger partial charge is 0.305 e. The van der Waals surface area contributed by atoms with Crippen LogP contribution < -0.4 is 5.69 Å². The second kappa shape index (κ2) is 3.98. The van der Waals surface area contributed by atoms with Crippen molar-refractivity contribution in [2.45, 2.75) is 0 Å². The van der Waals surface area contributed by atoms with Gasteiger partial charge in [0.2, 0.25) is 0 Å². The third-order valence-corrected chi connectivity index (χ3v) is 3.24. The van der Waals surface area contributed by atoms with E-state index in [2.05, 4.69) is 20.2 Å². The minimum atomic E-state index is -0.467. The van der Waals surface area contributed by atoms with Crippen LogP contribution in [-0.4, -0.2) is 29.4 Å². The Balaban J connectivity index is 2.13. The SMILES string of the molecule is Cn1cc(-c2nc3c4c(F)cccc4[nH]c(=O)n3n2)cn1. The standard InChI is InChI=1S/C13H9FN6O/c1-19-6-7(5-15-19)11-17-12-10-8(14)3-2-4-9(10)16-13(21)20(12)18-11/h2-6H,1H3,(H,16,21). The molecule has 7 nitrogen and oxygen atoms in total. The van der Waals surface area contributed by atoms with Crippen molar-refractivity contribution >= 4 is 16.6 Å². The molecule has 3 heterocycles. The van der Waals surface area contributed by atoms with Crippen molar-refractivity contribution in [3.63, 3.8) is 0 Å². The number of nitrogens with zero attached hydrogens (tertiary/aromatic N) is 5. The fraction of sp³-hybridized carbons (Fsp3) is 0.0769.